The Morgan fingerprint density at radius 3 is 2.69 bits per heavy atom. The number of carbonyl (C=O) groups excluding carboxylic acids is 2. The Balaban J connectivity index is 1.34. The van der Waals surface area contributed by atoms with E-state index in [1.165, 1.54) is 39.5 Å². The molecule has 8 nitrogen and oxygen atoms in total. The molecule has 4 aromatic rings. The molecule has 2 aromatic carbocycles. The van der Waals surface area contributed by atoms with E-state index in [1.807, 2.05) is 16.7 Å². The van der Waals surface area contributed by atoms with Gasteiger partial charge in [0.2, 0.25) is 0 Å². The molecule has 39 heavy (non-hydrogen) atoms. The maximum atomic E-state index is 13.9. The van der Waals surface area contributed by atoms with Crippen molar-refractivity contribution in [1.29, 1.82) is 0 Å². The number of esters is 1. The molecular formula is C29H28FN5O3S. The highest BCUT2D eigenvalue weighted by Crippen LogP contribution is 2.49. The summed E-state index contributed by atoms with van der Waals surface area (Å²) in [7, 11) is 0. The van der Waals surface area contributed by atoms with Crippen LogP contribution in [0.5, 0.6) is 0 Å². The predicted octanol–water partition coefficient (Wildman–Crippen LogP) is 5.38. The van der Waals surface area contributed by atoms with Crippen molar-refractivity contribution in [2.24, 2.45) is 0 Å². The van der Waals surface area contributed by atoms with Crippen molar-refractivity contribution in [3.05, 3.63) is 82.9 Å². The van der Waals surface area contributed by atoms with E-state index in [2.05, 4.69) is 39.7 Å². The zero-order chi connectivity index (χ0) is 27.1. The first-order valence-corrected chi connectivity index (χ1v) is 14.0. The first-order chi connectivity index (χ1) is 18.9. The number of hydrogen-bond donors (Lipinski definition) is 1. The van der Waals surface area contributed by atoms with Crippen molar-refractivity contribution in [3.8, 4) is 0 Å². The first-order valence-electron chi connectivity index (χ1n) is 13.0. The molecule has 1 saturated heterocycles. The van der Waals surface area contributed by atoms with Gasteiger partial charge in [-0.15, -0.1) is 11.8 Å². The van der Waals surface area contributed by atoms with Crippen LogP contribution >= 0.6 is 11.8 Å². The molecule has 6 rings (SSSR count). The molecule has 0 atom stereocenters. The van der Waals surface area contributed by atoms with Crippen LogP contribution in [0.2, 0.25) is 0 Å². The van der Waals surface area contributed by atoms with Gasteiger partial charge in [0, 0.05) is 41.0 Å². The summed E-state index contributed by atoms with van der Waals surface area (Å²) in [6.45, 7) is 4.96. The van der Waals surface area contributed by atoms with Crippen LogP contribution in [-0.4, -0.2) is 56.8 Å². The lowest BCUT2D eigenvalue weighted by atomic mass is 9.74. The zero-order valence-corrected chi connectivity index (χ0v) is 22.6. The molecule has 0 radical (unpaired) electrons. The average Bonchev–Trinajstić information content (AvgIpc) is 3.53. The van der Waals surface area contributed by atoms with Gasteiger partial charge in [0.15, 0.2) is 5.65 Å². The molecule has 2 aromatic heterocycles. The van der Waals surface area contributed by atoms with E-state index in [0.717, 1.165) is 18.6 Å². The monoisotopic (exact) mass is 545 g/mol. The number of hydrogen-bond acceptors (Lipinski definition) is 7. The van der Waals surface area contributed by atoms with Gasteiger partial charge in [0.05, 0.1) is 12.8 Å². The van der Waals surface area contributed by atoms with Gasteiger partial charge < -0.3 is 15.0 Å². The molecule has 200 valence electrons. The lowest BCUT2D eigenvalue weighted by Gasteiger charge is -2.39. The molecule has 0 bridgehead atoms. The molecule has 2 aliphatic heterocycles. The predicted molar refractivity (Wildman–Crippen MR) is 147 cm³/mol. The molecule has 0 unspecified atom stereocenters. The number of rotatable bonds is 5. The Hall–Kier alpha value is -3.92. The number of aromatic nitrogens is 3. The van der Waals surface area contributed by atoms with Crippen LogP contribution < -0.4 is 5.32 Å². The second-order valence-electron chi connectivity index (χ2n) is 9.98. The van der Waals surface area contributed by atoms with E-state index in [1.54, 1.807) is 19.9 Å². The summed E-state index contributed by atoms with van der Waals surface area (Å²) < 4.78 is 20.4. The van der Waals surface area contributed by atoms with Gasteiger partial charge in [-0.3, -0.25) is 4.79 Å². The van der Waals surface area contributed by atoms with Crippen LogP contribution in [0, 0.1) is 12.7 Å². The van der Waals surface area contributed by atoms with E-state index in [4.69, 9.17) is 4.74 Å². The highest BCUT2D eigenvalue weighted by Gasteiger charge is 2.42. The summed E-state index contributed by atoms with van der Waals surface area (Å²) in [6.07, 6.45) is 4.63. The third-order valence-electron chi connectivity index (χ3n) is 7.66. The van der Waals surface area contributed by atoms with Crippen molar-refractivity contribution in [2.45, 2.75) is 37.0 Å². The van der Waals surface area contributed by atoms with Crippen molar-refractivity contribution in [1.82, 2.24) is 19.5 Å². The number of halogens is 1. The topological polar surface area (TPSA) is 88.8 Å². The Morgan fingerprint density at radius 1 is 1.13 bits per heavy atom. The molecule has 0 saturated carbocycles. The number of benzene rings is 2. The Morgan fingerprint density at radius 2 is 1.92 bits per heavy atom. The number of fused-ring (bicyclic) bond motifs is 3. The van der Waals surface area contributed by atoms with Gasteiger partial charge in [-0.25, -0.2) is 14.2 Å². The number of amides is 1. The van der Waals surface area contributed by atoms with E-state index < -0.39 is 5.97 Å². The Labute approximate surface area is 229 Å². The lowest BCUT2D eigenvalue weighted by Crippen LogP contribution is -2.45. The smallest absolute Gasteiger partial charge is 0.343 e. The minimum Gasteiger partial charge on any atom is -0.462 e. The highest BCUT2D eigenvalue weighted by atomic mass is 32.2. The summed E-state index contributed by atoms with van der Waals surface area (Å²) in [5, 5.41) is 7.65. The minimum absolute atomic E-state index is 0.0864. The minimum atomic E-state index is -0.543. The first kappa shape index (κ1) is 25.4. The Kier molecular flexibility index (Phi) is 6.50. The quantitative estimate of drug-likeness (QED) is 0.337. The lowest BCUT2D eigenvalue weighted by molar-refractivity contribution is 0.0528. The number of aryl methyl sites for hydroxylation is 1. The average molecular weight is 546 g/mol. The number of thioether (sulfide) groups is 1. The van der Waals surface area contributed by atoms with Crippen molar-refractivity contribution in [3.63, 3.8) is 0 Å². The SMILES string of the molecule is CCOC(=O)c1cnn2c(Nc3ccc(F)cc3C)c(C(=O)N3CCC4(CC3)CSc3ccccc34)cnc12. The van der Waals surface area contributed by atoms with Crippen molar-refractivity contribution in [2.75, 3.05) is 30.8 Å². The fraction of sp³-hybridized carbons (Fsp3) is 0.310. The maximum Gasteiger partial charge on any atom is 0.343 e. The number of ether oxygens (including phenoxy) is 1. The second-order valence-corrected chi connectivity index (χ2v) is 11.0. The fourth-order valence-corrected chi connectivity index (χ4v) is 6.99. The number of nitrogens with one attached hydrogen (secondary N) is 1. The summed E-state index contributed by atoms with van der Waals surface area (Å²) in [5.41, 5.74) is 3.54. The summed E-state index contributed by atoms with van der Waals surface area (Å²) >= 11 is 1.90. The van der Waals surface area contributed by atoms with E-state index >= 15 is 0 Å². The van der Waals surface area contributed by atoms with E-state index in [9.17, 15) is 14.0 Å². The zero-order valence-electron chi connectivity index (χ0n) is 21.7. The number of anilines is 2. The van der Waals surface area contributed by atoms with Crippen LogP contribution in [0.15, 0.2) is 59.8 Å². The van der Waals surface area contributed by atoms with Crippen LogP contribution in [0.4, 0.5) is 15.9 Å². The third kappa shape index (κ3) is 4.42. The molecule has 1 fully saturated rings. The van der Waals surface area contributed by atoms with E-state index in [-0.39, 0.29) is 35.0 Å². The van der Waals surface area contributed by atoms with Gasteiger partial charge in [-0.1, -0.05) is 18.2 Å². The van der Waals surface area contributed by atoms with Gasteiger partial charge in [-0.05, 0) is 62.1 Å². The molecule has 10 heteroatoms. The number of likely N-dealkylation sites (tertiary alicyclic amines) is 1. The Bertz CT molecular complexity index is 1600. The van der Waals surface area contributed by atoms with Crippen LogP contribution in [0.25, 0.3) is 5.65 Å². The maximum absolute atomic E-state index is 13.9. The molecule has 1 amide bonds. The standard InChI is InChI=1S/C29H28FN5O3S/c1-3-38-28(37)21-16-32-35-25(21)31-15-20(26(35)33-23-9-8-19(30)14-18(23)2)27(36)34-12-10-29(11-13-34)17-39-24-7-5-4-6-22(24)29/h4-9,14-16,33H,3,10-13,17H2,1-2H3. The normalized spacial score (nSPS) is 15.9. The second kappa shape index (κ2) is 10.00. The van der Waals surface area contributed by atoms with Gasteiger partial charge in [0.1, 0.15) is 22.8 Å². The number of carbonyl (C=O) groups is 2. The third-order valence-corrected chi connectivity index (χ3v) is 9.03. The largest absolute Gasteiger partial charge is 0.462 e. The van der Waals surface area contributed by atoms with Crippen molar-refractivity contribution < 1.29 is 18.7 Å². The molecule has 2 aliphatic rings. The van der Waals surface area contributed by atoms with Crippen LogP contribution in [0.3, 0.4) is 0 Å². The fourth-order valence-electron chi connectivity index (χ4n) is 5.50. The van der Waals surface area contributed by atoms with Gasteiger partial charge in [0.25, 0.3) is 5.91 Å². The van der Waals surface area contributed by atoms with E-state index in [0.29, 0.717) is 35.7 Å². The molecule has 0 aliphatic carbocycles. The van der Waals surface area contributed by atoms with Crippen LogP contribution in [-0.2, 0) is 10.2 Å². The summed E-state index contributed by atoms with van der Waals surface area (Å²) in [6, 6.07) is 12.9. The summed E-state index contributed by atoms with van der Waals surface area (Å²) in [5.74, 6) is 0.319. The number of nitrogens with zero attached hydrogens (tertiary/aromatic N) is 4. The molecule has 1 N–H and O–H groups in total. The van der Waals surface area contributed by atoms with Gasteiger partial charge in [-0.2, -0.15) is 9.61 Å². The van der Waals surface area contributed by atoms with Crippen molar-refractivity contribution >= 4 is 40.8 Å². The number of piperidine rings is 1. The molecule has 4 heterocycles. The molecular weight excluding hydrogens is 517 g/mol. The summed E-state index contributed by atoms with van der Waals surface area (Å²) in [4.78, 5) is 34.1. The van der Waals surface area contributed by atoms with Gasteiger partial charge >= 0.3 is 5.97 Å². The molecule has 1 spiro atoms. The van der Waals surface area contributed by atoms with Crippen LogP contribution in [0.1, 0.15) is 51.6 Å². The highest BCUT2D eigenvalue weighted by molar-refractivity contribution is 7.99.